The highest BCUT2D eigenvalue weighted by molar-refractivity contribution is 7.89. The van der Waals surface area contributed by atoms with E-state index >= 15 is 0 Å². The van der Waals surface area contributed by atoms with Gasteiger partial charge in [-0.15, -0.1) is 0 Å². The van der Waals surface area contributed by atoms with Crippen LogP contribution in [0.1, 0.15) is 0 Å². The fourth-order valence-corrected chi connectivity index (χ4v) is 1.82. The first-order chi connectivity index (χ1) is 8.01. The summed E-state index contributed by atoms with van der Waals surface area (Å²) in [5, 5.41) is 4.93. The van der Waals surface area contributed by atoms with Crippen LogP contribution in [0, 0.1) is 0 Å². The topological polar surface area (TPSA) is 133 Å². The van der Waals surface area contributed by atoms with Crippen molar-refractivity contribution >= 4 is 54.6 Å². The normalized spacial score (nSPS) is 11.9. The minimum absolute atomic E-state index is 0.0176. The molecule has 0 aromatic rings. The lowest BCUT2D eigenvalue weighted by atomic mass is 10.5. The van der Waals surface area contributed by atoms with Crippen molar-refractivity contribution in [1.82, 2.24) is 10.6 Å². The molecule has 0 heterocycles. The van der Waals surface area contributed by atoms with Crippen LogP contribution in [-0.2, 0) is 20.2 Å². The fraction of sp³-hybridized carbons (Fsp3) is 0.667. The van der Waals surface area contributed by atoms with Crippen molar-refractivity contribution in [3.63, 3.8) is 0 Å². The summed E-state index contributed by atoms with van der Waals surface area (Å²) in [4.78, 5) is 0.0352. The third-order valence-corrected chi connectivity index (χ3v) is 3.76. The molecule has 0 aromatic heterocycles. The Balaban J connectivity index is 3.95. The second-order valence-corrected chi connectivity index (χ2v) is 7.04. The molecule has 0 saturated heterocycles. The summed E-state index contributed by atoms with van der Waals surface area (Å²) < 4.78 is 58.5. The number of hydrogen-bond donors (Lipinski definition) is 4. The fourth-order valence-electron chi connectivity index (χ4n) is 0.748. The average molecular weight is 336 g/mol. The molecule has 0 radical (unpaired) electrons. The van der Waals surface area contributed by atoms with Gasteiger partial charge in [-0.1, -0.05) is 24.4 Å². The standard InChI is InChI=1S/C6H12N2O6S4/c9-17(10,11)3-1-7-5(15)6(16)8-2-4-18(12,13)14/h1-4H2,(H,7,15)(H,8,16)(H,9,10,11)(H,12,13,14). The Morgan fingerprint density at radius 2 is 1.11 bits per heavy atom. The lowest BCUT2D eigenvalue weighted by molar-refractivity contribution is 0.480. The van der Waals surface area contributed by atoms with E-state index in [0.717, 1.165) is 0 Å². The molecule has 0 atom stereocenters. The Morgan fingerprint density at radius 3 is 1.33 bits per heavy atom. The molecule has 0 aliphatic rings. The number of hydrogen-bond acceptors (Lipinski definition) is 6. The molecule has 0 bridgehead atoms. The van der Waals surface area contributed by atoms with Crippen molar-refractivity contribution in [3.8, 4) is 0 Å². The SMILES string of the molecule is O=S(=O)(O)CCNC(=S)C(=S)NCCS(=O)(=O)O. The van der Waals surface area contributed by atoms with E-state index in [1.807, 2.05) is 0 Å². The maximum absolute atomic E-state index is 10.4. The summed E-state index contributed by atoms with van der Waals surface area (Å²) in [5.74, 6) is -1.05. The number of nitrogens with one attached hydrogen (secondary N) is 2. The molecule has 0 spiro atoms. The Bertz CT molecular complexity index is 462. The van der Waals surface area contributed by atoms with Gasteiger partial charge in [-0.2, -0.15) is 16.8 Å². The largest absolute Gasteiger partial charge is 0.373 e. The minimum Gasteiger partial charge on any atom is -0.373 e. The summed E-state index contributed by atoms with van der Waals surface area (Å²) in [6.07, 6.45) is 0. The summed E-state index contributed by atoms with van der Waals surface area (Å²) >= 11 is 9.54. The molecule has 0 aliphatic heterocycles. The van der Waals surface area contributed by atoms with Gasteiger partial charge in [0.25, 0.3) is 20.2 Å². The molecular formula is C6H12N2O6S4. The van der Waals surface area contributed by atoms with Crippen LogP contribution in [-0.4, -0.2) is 60.5 Å². The van der Waals surface area contributed by atoms with Crippen LogP contribution >= 0.6 is 24.4 Å². The van der Waals surface area contributed by atoms with E-state index in [1.54, 1.807) is 0 Å². The van der Waals surface area contributed by atoms with Crippen LogP contribution < -0.4 is 10.6 Å². The summed E-state index contributed by atoms with van der Waals surface area (Å²) in [5.41, 5.74) is 0. The predicted octanol–water partition coefficient (Wildman–Crippen LogP) is -1.40. The summed E-state index contributed by atoms with van der Waals surface area (Å²) in [6, 6.07) is 0. The predicted molar refractivity (Wildman–Crippen MR) is 74.0 cm³/mol. The van der Waals surface area contributed by atoms with Gasteiger partial charge in [-0.05, 0) is 0 Å². The van der Waals surface area contributed by atoms with Gasteiger partial charge < -0.3 is 10.6 Å². The lowest BCUT2D eigenvalue weighted by Gasteiger charge is -2.09. The maximum Gasteiger partial charge on any atom is 0.266 e. The van der Waals surface area contributed by atoms with Crippen LogP contribution in [0.5, 0.6) is 0 Å². The van der Waals surface area contributed by atoms with Crippen LogP contribution in [0.4, 0.5) is 0 Å². The van der Waals surface area contributed by atoms with Crippen molar-refractivity contribution in [3.05, 3.63) is 0 Å². The first-order valence-electron chi connectivity index (χ1n) is 4.47. The van der Waals surface area contributed by atoms with E-state index in [9.17, 15) is 16.8 Å². The molecule has 12 heteroatoms. The van der Waals surface area contributed by atoms with E-state index in [4.69, 9.17) is 33.5 Å². The van der Waals surface area contributed by atoms with Crippen molar-refractivity contribution in [2.75, 3.05) is 24.6 Å². The Kier molecular flexibility index (Phi) is 7.09. The van der Waals surface area contributed by atoms with Gasteiger partial charge in [0.1, 0.15) is 9.98 Å². The van der Waals surface area contributed by atoms with Gasteiger partial charge in [0.05, 0.1) is 11.5 Å². The van der Waals surface area contributed by atoms with E-state index < -0.39 is 31.7 Å². The van der Waals surface area contributed by atoms with Gasteiger partial charge in [-0.3, -0.25) is 9.11 Å². The van der Waals surface area contributed by atoms with Gasteiger partial charge in [0.15, 0.2) is 0 Å². The van der Waals surface area contributed by atoms with Crippen molar-refractivity contribution in [2.45, 2.75) is 0 Å². The van der Waals surface area contributed by atoms with E-state index in [0.29, 0.717) is 0 Å². The Morgan fingerprint density at radius 1 is 0.833 bits per heavy atom. The number of thiocarbonyl (C=S) groups is 2. The molecule has 0 amide bonds. The smallest absolute Gasteiger partial charge is 0.266 e. The van der Waals surface area contributed by atoms with Gasteiger partial charge in [0, 0.05) is 13.1 Å². The molecule has 8 nitrogen and oxygen atoms in total. The van der Waals surface area contributed by atoms with Crippen molar-refractivity contribution < 1.29 is 25.9 Å². The third kappa shape index (κ3) is 10.7. The first kappa shape index (κ1) is 17.6. The van der Waals surface area contributed by atoms with Crippen LogP contribution in [0.2, 0.25) is 0 Å². The maximum atomic E-state index is 10.4. The first-order valence-corrected chi connectivity index (χ1v) is 8.51. The highest BCUT2D eigenvalue weighted by Gasteiger charge is 2.09. The molecule has 0 unspecified atom stereocenters. The van der Waals surface area contributed by atoms with Crippen LogP contribution in [0.3, 0.4) is 0 Å². The average Bonchev–Trinajstić information content (AvgIpc) is 2.13. The van der Waals surface area contributed by atoms with E-state index in [2.05, 4.69) is 10.6 Å². The summed E-state index contributed by atoms with van der Waals surface area (Å²) in [7, 11) is -8.16. The van der Waals surface area contributed by atoms with Crippen molar-refractivity contribution in [2.24, 2.45) is 0 Å². The highest BCUT2D eigenvalue weighted by Crippen LogP contribution is 1.84. The zero-order chi connectivity index (χ0) is 14.4. The van der Waals surface area contributed by atoms with E-state index in [1.165, 1.54) is 0 Å². The van der Waals surface area contributed by atoms with E-state index in [-0.39, 0.29) is 23.1 Å². The second kappa shape index (κ2) is 7.25. The molecule has 0 fully saturated rings. The summed E-state index contributed by atoms with van der Waals surface area (Å²) in [6.45, 7) is -0.254. The van der Waals surface area contributed by atoms with Crippen LogP contribution in [0.15, 0.2) is 0 Å². The minimum atomic E-state index is -4.08. The molecule has 4 N–H and O–H groups in total. The quantitative estimate of drug-likeness (QED) is 0.339. The molecule has 106 valence electrons. The van der Waals surface area contributed by atoms with Gasteiger partial charge >= 0.3 is 0 Å². The monoisotopic (exact) mass is 336 g/mol. The molecule has 0 aliphatic carbocycles. The second-order valence-electron chi connectivity index (χ2n) is 3.08. The van der Waals surface area contributed by atoms with Crippen molar-refractivity contribution in [1.29, 1.82) is 0 Å². The zero-order valence-electron chi connectivity index (χ0n) is 8.99. The molecular weight excluding hydrogens is 324 g/mol. The molecule has 0 aromatic carbocycles. The molecule has 0 rings (SSSR count). The van der Waals surface area contributed by atoms with Gasteiger partial charge in [0.2, 0.25) is 0 Å². The lowest BCUT2D eigenvalue weighted by Crippen LogP contribution is -2.40. The highest BCUT2D eigenvalue weighted by atomic mass is 32.2. The third-order valence-electron chi connectivity index (χ3n) is 1.50. The molecule has 0 saturated carbocycles. The van der Waals surface area contributed by atoms with Gasteiger partial charge in [-0.25, -0.2) is 0 Å². The number of rotatable bonds is 6. The zero-order valence-corrected chi connectivity index (χ0v) is 12.3. The van der Waals surface area contributed by atoms with Crippen LogP contribution in [0.25, 0.3) is 0 Å². The molecule has 18 heavy (non-hydrogen) atoms. The Labute approximate surface area is 116 Å². The Hall–Kier alpha value is -0.400.